The number of H-pyrrole nitrogens is 1. The van der Waals surface area contributed by atoms with E-state index in [-0.39, 0.29) is 11.7 Å². The minimum Gasteiger partial charge on any atom is -0.494 e. The van der Waals surface area contributed by atoms with Gasteiger partial charge in [0.2, 0.25) is 0 Å². The molecule has 3 aromatic rings. The molecule has 1 atom stereocenters. The van der Waals surface area contributed by atoms with E-state index in [2.05, 4.69) is 34.0 Å². The first-order valence-electron chi connectivity index (χ1n) is 11.1. The number of aromatic hydroxyl groups is 1. The van der Waals surface area contributed by atoms with Crippen LogP contribution in [0, 0.1) is 12.7 Å². The van der Waals surface area contributed by atoms with Crippen LogP contribution in [0.5, 0.6) is 5.88 Å². The predicted molar refractivity (Wildman–Crippen MR) is 126 cm³/mol. The van der Waals surface area contributed by atoms with Gasteiger partial charge in [0.1, 0.15) is 5.82 Å². The third kappa shape index (κ3) is 5.07. The normalized spacial score (nSPS) is 17.6. The van der Waals surface area contributed by atoms with Gasteiger partial charge in [0.25, 0.3) is 0 Å². The first kappa shape index (κ1) is 21.4. The number of rotatable bonds is 7. The molecule has 1 saturated heterocycles. The summed E-state index contributed by atoms with van der Waals surface area (Å²) in [4.78, 5) is 9.94. The minimum atomic E-state index is -0.345. The summed E-state index contributed by atoms with van der Waals surface area (Å²) in [6, 6.07) is 11.1. The van der Waals surface area contributed by atoms with E-state index in [1.165, 1.54) is 37.9 Å². The SMILES string of the molecule is Cc1cc(N=Cc2c(O)[nH]c3ccc(F)cc23)ccc1NCCCN1CCCCC1C. The monoisotopic (exact) mass is 422 g/mol. The van der Waals surface area contributed by atoms with Crippen LogP contribution >= 0.6 is 0 Å². The number of likely N-dealkylation sites (tertiary alicyclic amines) is 1. The Morgan fingerprint density at radius 1 is 1.26 bits per heavy atom. The fourth-order valence-corrected chi connectivity index (χ4v) is 4.36. The lowest BCUT2D eigenvalue weighted by molar-refractivity contribution is 0.160. The average molecular weight is 423 g/mol. The largest absolute Gasteiger partial charge is 0.494 e. The van der Waals surface area contributed by atoms with Gasteiger partial charge in [-0.25, -0.2) is 4.39 Å². The van der Waals surface area contributed by atoms with Crippen LogP contribution in [0.4, 0.5) is 15.8 Å². The maximum atomic E-state index is 13.6. The molecular weight excluding hydrogens is 391 g/mol. The standard InChI is InChI=1S/C25H31FN4O/c1-17-14-20(28-16-22-21-15-19(26)7-9-24(21)29-25(22)31)8-10-23(17)27-11-5-13-30-12-4-3-6-18(30)2/h7-10,14-16,18,27,29,31H,3-6,11-13H2,1-2H3. The highest BCUT2D eigenvalue weighted by molar-refractivity contribution is 6.02. The number of halogens is 1. The Bertz CT molecular complexity index is 1070. The second-order valence-corrected chi connectivity index (χ2v) is 8.50. The van der Waals surface area contributed by atoms with E-state index in [1.54, 1.807) is 12.3 Å². The van der Waals surface area contributed by atoms with Crippen molar-refractivity contribution >= 4 is 28.5 Å². The molecule has 5 nitrogen and oxygen atoms in total. The van der Waals surface area contributed by atoms with Crippen LogP contribution < -0.4 is 5.32 Å². The zero-order valence-corrected chi connectivity index (χ0v) is 18.3. The van der Waals surface area contributed by atoms with Gasteiger partial charge in [-0.15, -0.1) is 0 Å². The van der Waals surface area contributed by atoms with E-state index in [9.17, 15) is 9.50 Å². The Morgan fingerprint density at radius 3 is 2.94 bits per heavy atom. The second-order valence-electron chi connectivity index (χ2n) is 8.50. The number of aromatic nitrogens is 1. The van der Waals surface area contributed by atoms with Crippen molar-refractivity contribution in [3.63, 3.8) is 0 Å². The van der Waals surface area contributed by atoms with Crippen LogP contribution in [-0.2, 0) is 0 Å². The number of nitrogens with zero attached hydrogens (tertiary/aromatic N) is 2. The highest BCUT2D eigenvalue weighted by Gasteiger charge is 2.17. The molecule has 1 aliphatic rings. The second kappa shape index (κ2) is 9.52. The molecule has 6 heteroatoms. The molecule has 0 saturated carbocycles. The molecule has 1 unspecified atom stereocenters. The molecule has 0 radical (unpaired) electrons. The van der Waals surface area contributed by atoms with Crippen LogP contribution in [0.1, 0.15) is 43.7 Å². The van der Waals surface area contributed by atoms with E-state index in [0.29, 0.717) is 22.5 Å². The molecule has 1 fully saturated rings. The Morgan fingerprint density at radius 2 is 2.13 bits per heavy atom. The van der Waals surface area contributed by atoms with Gasteiger partial charge < -0.3 is 20.3 Å². The Kier molecular flexibility index (Phi) is 6.56. The summed E-state index contributed by atoms with van der Waals surface area (Å²) < 4.78 is 13.6. The number of aromatic amines is 1. The summed E-state index contributed by atoms with van der Waals surface area (Å²) in [7, 11) is 0. The first-order chi connectivity index (χ1) is 15.0. The number of piperidine rings is 1. The molecular formula is C25H31FN4O. The van der Waals surface area contributed by atoms with Crippen LogP contribution in [0.2, 0.25) is 0 Å². The molecule has 0 bridgehead atoms. The summed E-state index contributed by atoms with van der Waals surface area (Å²) in [6.45, 7) is 7.71. The maximum Gasteiger partial charge on any atom is 0.198 e. The molecule has 1 aromatic heterocycles. The highest BCUT2D eigenvalue weighted by Crippen LogP contribution is 2.28. The van der Waals surface area contributed by atoms with Crippen LogP contribution in [0.25, 0.3) is 10.9 Å². The summed E-state index contributed by atoms with van der Waals surface area (Å²) in [5.41, 5.74) is 4.18. The van der Waals surface area contributed by atoms with Gasteiger partial charge >= 0.3 is 0 Å². The third-order valence-electron chi connectivity index (χ3n) is 6.21. The smallest absolute Gasteiger partial charge is 0.198 e. The van der Waals surface area contributed by atoms with Crippen molar-refractivity contribution in [3.05, 3.63) is 53.3 Å². The summed E-state index contributed by atoms with van der Waals surface area (Å²) >= 11 is 0. The van der Waals surface area contributed by atoms with Gasteiger partial charge in [-0.05, 0) is 81.6 Å². The molecule has 164 valence electrons. The average Bonchev–Trinajstić information content (AvgIpc) is 3.06. The van der Waals surface area contributed by atoms with Gasteiger partial charge in [-0.1, -0.05) is 6.42 Å². The number of nitrogens with one attached hydrogen (secondary N) is 2. The fraction of sp³-hybridized carbons (Fsp3) is 0.400. The highest BCUT2D eigenvalue weighted by atomic mass is 19.1. The molecule has 4 rings (SSSR count). The summed E-state index contributed by atoms with van der Waals surface area (Å²) in [6.07, 6.45) is 6.71. The van der Waals surface area contributed by atoms with Crippen molar-refractivity contribution in [2.24, 2.45) is 4.99 Å². The number of anilines is 1. The Labute approximate surface area is 183 Å². The van der Waals surface area contributed by atoms with Crippen LogP contribution in [0.3, 0.4) is 0 Å². The molecule has 2 heterocycles. The van der Waals surface area contributed by atoms with Gasteiger partial charge in [-0.3, -0.25) is 4.99 Å². The molecule has 2 aromatic carbocycles. The Balaban J connectivity index is 1.36. The quantitative estimate of drug-likeness (QED) is 0.336. The van der Waals surface area contributed by atoms with Gasteiger partial charge in [0.05, 0.1) is 11.3 Å². The number of benzene rings is 2. The van der Waals surface area contributed by atoms with E-state index >= 15 is 0 Å². The van der Waals surface area contributed by atoms with Gasteiger partial charge in [-0.2, -0.15) is 0 Å². The van der Waals surface area contributed by atoms with Crippen molar-refractivity contribution in [3.8, 4) is 5.88 Å². The van der Waals surface area contributed by atoms with Crippen molar-refractivity contribution in [2.45, 2.75) is 45.6 Å². The van der Waals surface area contributed by atoms with Crippen molar-refractivity contribution in [2.75, 3.05) is 25.0 Å². The number of fused-ring (bicyclic) bond motifs is 1. The third-order valence-corrected chi connectivity index (χ3v) is 6.21. The van der Waals surface area contributed by atoms with Gasteiger partial charge in [0, 0.05) is 41.9 Å². The first-order valence-corrected chi connectivity index (χ1v) is 11.1. The number of hydrogen-bond acceptors (Lipinski definition) is 4. The van der Waals surface area contributed by atoms with E-state index < -0.39 is 0 Å². The number of hydrogen-bond donors (Lipinski definition) is 3. The molecule has 0 spiro atoms. The Hall–Kier alpha value is -2.86. The van der Waals surface area contributed by atoms with Gasteiger partial charge in [0.15, 0.2) is 5.88 Å². The lowest BCUT2D eigenvalue weighted by Crippen LogP contribution is -2.38. The molecule has 3 N–H and O–H groups in total. The number of aryl methyl sites for hydroxylation is 1. The topological polar surface area (TPSA) is 63.7 Å². The molecule has 1 aliphatic heterocycles. The molecule has 0 aliphatic carbocycles. The fourth-order valence-electron chi connectivity index (χ4n) is 4.36. The van der Waals surface area contributed by atoms with E-state index in [1.807, 2.05) is 18.2 Å². The van der Waals surface area contributed by atoms with Crippen molar-refractivity contribution < 1.29 is 9.50 Å². The molecule has 31 heavy (non-hydrogen) atoms. The number of aliphatic imine (C=N–C) groups is 1. The van der Waals surface area contributed by atoms with Crippen molar-refractivity contribution in [1.29, 1.82) is 0 Å². The molecule has 0 amide bonds. The minimum absolute atomic E-state index is 0.0117. The van der Waals surface area contributed by atoms with E-state index in [4.69, 9.17) is 0 Å². The summed E-state index contributed by atoms with van der Waals surface area (Å²) in [5, 5.41) is 14.3. The van der Waals surface area contributed by atoms with Crippen molar-refractivity contribution in [1.82, 2.24) is 9.88 Å². The maximum absolute atomic E-state index is 13.6. The zero-order valence-electron chi connectivity index (χ0n) is 18.3. The van der Waals surface area contributed by atoms with Crippen LogP contribution in [0.15, 0.2) is 41.4 Å². The predicted octanol–water partition coefficient (Wildman–Crippen LogP) is 5.75. The lowest BCUT2D eigenvalue weighted by atomic mass is 10.0. The zero-order chi connectivity index (χ0) is 21.8. The van der Waals surface area contributed by atoms with Crippen LogP contribution in [-0.4, -0.2) is 46.9 Å². The lowest BCUT2D eigenvalue weighted by Gasteiger charge is -2.33. The van der Waals surface area contributed by atoms with E-state index in [0.717, 1.165) is 36.4 Å². The summed E-state index contributed by atoms with van der Waals surface area (Å²) in [5.74, 6) is -0.357.